The van der Waals surface area contributed by atoms with Crippen LogP contribution >= 0.6 is 11.3 Å². The number of thiophene rings is 1. The van der Waals surface area contributed by atoms with Crippen molar-refractivity contribution in [3.05, 3.63) is 50.8 Å². The molecule has 0 spiro atoms. The molecule has 1 fully saturated rings. The van der Waals surface area contributed by atoms with Crippen LogP contribution < -0.4 is 10.9 Å². The summed E-state index contributed by atoms with van der Waals surface area (Å²) in [7, 11) is 0. The summed E-state index contributed by atoms with van der Waals surface area (Å²) in [5.74, 6) is 1.18. The molecule has 0 saturated carbocycles. The molecular formula is C22H26N4O3S. The minimum Gasteiger partial charge on any atom is -0.467 e. The van der Waals surface area contributed by atoms with Crippen LogP contribution in [-0.2, 0) is 37.3 Å². The van der Waals surface area contributed by atoms with Gasteiger partial charge in [-0.1, -0.05) is 0 Å². The summed E-state index contributed by atoms with van der Waals surface area (Å²) in [6.45, 7) is 2.93. The van der Waals surface area contributed by atoms with Gasteiger partial charge in [-0.25, -0.2) is 4.98 Å². The highest BCUT2D eigenvalue weighted by Gasteiger charge is 2.24. The number of carbonyl (C=O) groups excluding carboxylic acids is 1. The number of carbonyl (C=O) groups is 1. The summed E-state index contributed by atoms with van der Waals surface area (Å²) in [6.07, 6.45) is 8.16. The van der Waals surface area contributed by atoms with Gasteiger partial charge in [-0.05, 0) is 69.3 Å². The largest absolute Gasteiger partial charge is 0.467 e. The zero-order chi connectivity index (χ0) is 20.5. The standard InChI is InChI=1S/C22H26N4O3S/c27-19(23-12-15-6-5-11-29-15)14-26-18(13-25-9-3-4-10-25)24-21-20(22(26)28)16-7-1-2-8-17(16)30-21/h5-6,11H,1-4,7-10,12-14H2,(H,23,27). The smallest absolute Gasteiger partial charge is 0.263 e. The van der Waals surface area contributed by atoms with Gasteiger partial charge in [0.2, 0.25) is 5.91 Å². The van der Waals surface area contributed by atoms with Crippen LogP contribution in [0, 0.1) is 0 Å². The molecule has 0 aromatic carbocycles. The second kappa shape index (κ2) is 8.35. The number of likely N-dealkylation sites (tertiary alicyclic amines) is 1. The summed E-state index contributed by atoms with van der Waals surface area (Å²) in [5.41, 5.74) is 1.10. The van der Waals surface area contributed by atoms with E-state index in [0.29, 0.717) is 24.7 Å². The van der Waals surface area contributed by atoms with E-state index < -0.39 is 0 Å². The van der Waals surface area contributed by atoms with Crippen molar-refractivity contribution in [2.45, 2.75) is 58.2 Å². The molecule has 30 heavy (non-hydrogen) atoms. The van der Waals surface area contributed by atoms with E-state index in [2.05, 4.69) is 10.2 Å². The molecule has 3 aromatic rings. The number of hydrogen-bond acceptors (Lipinski definition) is 6. The highest BCUT2D eigenvalue weighted by molar-refractivity contribution is 7.18. The Morgan fingerprint density at radius 2 is 2.03 bits per heavy atom. The maximum atomic E-state index is 13.5. The number of fused-ring (bicyclic) bond motifs is 3. The third kappa shape index (κ3) is 3.81. The molecule has 1 saturated heterocycles. The first-order valence-electron chi connectivity index (χ1n) is 10.7. The van der Waals surface area contributed by atoms with E-state index in [1.807, 2.05) is 6.07 Å². The van der Waals surface area contributed by atoms with E-state index in [0.717, 1.165) is 48.1 Å². The number of nitrogens with one attached hydrogen (secondary N) is 1. The molecule has 1 N–H and O–H groups in total. The fraction of sp³-hybridized carbons (Fsp3) is 0.500. The van der Waals surface area contributed by atoms with Gasteiger partial charge in [0.15, 0.2) is 0 Å². The van der Waals surface area contributed by atoms with Crippen LogP contribution in [0.5, 0.6) is 0 Å². The predicted molar refractivity (Wildman–Crippen MR) is 116 cm³/mol. The van der Waals surface area contributed by atoms with E-state index in [1.54, 1.807) is 28.2 Å². The average Bonchev–Trinajstić information content (AvgIpc) is 3.50. The van der Waals surface area contributed by atoms with E-state index >= 15 is 0 Å². The van der Waals surface area contributed by atoms with Crippen molar-refractivity contribution < 1.29 is 9.21 Å². The Labute approximate surface area is 178 Å². The Hall–Kier alpha value is -2.45. The lowest BCUT2D eigenvalue weighted by molar-refractivity contribution is -0.122. The fourth-order valence-corrected chi connectivity index (χ4v) is 5.77. The van der Waals surface area contributed by atoms with Gasteiger partial charge in [-0.15, -0.1) is 11.3 Å². The molecule has 3 aromatic heterocycles. The summed E-state index contributed by atoms with van der Waals surface area (Å²) in [6, 6.07) is 3.61. The first-order chi connectivity index (χ1) is 14.7. The SMILES string of the molecule is O=C(Cn1c(CN2CCCC2)nc2sc3c(c2c1=O)CCCC3)NCc1ccco1. The molecule has 5 rings (SSSR count). The van der Waals surface area contributed by atoms with Gasteiger partial charge < -0.3 is 9.73 Å². The first kappa shape index (κ1) is 19.5. The third-order valence-corrected chi connectivity index (χ3v) is 7.24. The van der Waals surface area contributed by atoms with Crippen molar-refractivity contribution in [3.8, 4) is 0 Å². The van der Waals surface area contributed by atoms with E-state index in [4.69, 9.17) is 9.40 Å². The Bertz CT molecular complexity index is 1110. The van der Waals surface area contributed by atoms with E-state index in [1.165, 1.54) is 24.1 Å². The maximum absolute atomic E-state index is 13.5. The molecule has 1 amide bonds. The minimum atomic E-state index is -0.207. The molecule has 0 bridgehead atoms. The normalized spacial score (nSPS) is 16.8. The van der Waals surface area contributed by atoms with Crippen molar-refractivity contribution in [2.75, 3.05) is 13.1 Å². The number of aryl methyl sites for hydroxylation is 2. The number of nitrogens with zero attached hydrogens (tertiary/aromatic N) is 3. The van der Waals surface area contributed by atoms with Crippen LogP contribution in [0.4, 0.5) is 0 Å². The zero-order valence-electron chi connectivity index (χ0n) is 17.0. The van der Waals surface area contributed by atoms with Crippen LogP contribution in [0.1, 0.15) is 47.7 Å². The Morgan fingerprint density at radius 3 is 2.83 bits per heavy atom. The average molecular weight is 427 g/mol. The Morgan fingerprint density at radius 1 is 1.20 bits per heavy atom. The van der Waals surface area contributed by atoms with Crippen LogP contribution in [0.25, 0.3) is 10.2 Å². The maximum Gasteiger partial charge on any atom is 0.263 e. The highest BCUT2D eigenvalue weighted by Crippen LogP contribution is 2.34. The lowest BCUT2D eigenvalue weighted by atomic mass is 9.97. The van der Waals surface area contributed by atoms with Gasteiger partial charge in [0.25, 0.3) is 5.56 Å². The summed E-state index contributed by atoms with van der Waals surface area (Å²) in [4.78, 5) is 35.6. The summed E-state index contributed by atoms with van der Waals surface area (Å²) < 4.78 is 6.88. The molecule has 158 valence electrons. The van der Waals surface area contributed by atoms with E-state index in [-0.39, 0.29) is 18.0 Å². The molecule has 8 heteroatoms. The molecule has 0 radical (unpaired) electrons. The monoisotopic (exact) mass is 426 g/mol. The van der Waals surface area contributed by atoms with Gasteiger partial charge in [-0.3, -0.25) is 19.1 Å². The summed E-state index contributed by atoms with van der Waals surface area (Å²) >= 11 is 1.67. The Balaban J connectivity index is 1.48. The molecule has 2 aliphatic rings. The van der Waals surface area contributed by atoms with Crippen molar-refractivity contribution in [2.24, 2.45) is 0 Å². The van der Waals surface area contributed by atoms with Gasteiger partial charge in [0, 0.05) is 4.88 Å². The molecule has 0 unspecified atom stereocenters. The number of aromatic nitrogens is 2. The van der Waals surface area contributed by atoms with E-state index in [9.17, 15) is 9.59 Å². The predicted octanol–water partition coefficient (Wildman–Crippen LogP) is 2.84. The third-order valence-electron chi connectivity index (χ3n) is 6.06. The number of furan rings is 1. The quantitative estimate of drug-likeness (QED) is 0.656. The molecule has 4 heterocycles. The topological polar surface area (TPSA) is 80.4 Å². The van der Waals surface area contributed by atoms with Gasteiger partial charge in [0.1, 0.15) is 23.0 Å². The minimum absolute atomic E-state index is 0.0176. The molecular weight excluding hydrogens is 400 g/mol. The lowest BCUT2D eigenvalue weighted by Crippen LogP contribution is -2.36. The first-order valence-corrected chi connectivity index (χ1v) is 11.6. The Kier molecular flexibility index (Phi) is 5.43. The second-order valence-electron chi connectivity index (χ2n) is 8.15. The van der Waals surface area contributed by atoms with Gasteiger partial charge in [0.05, 0.1) is 24.7 Å². The van der Waals surface area contributed by atoms with Crippen molar-refractivity contribution >= 4 is 27.5 Å². The fourth-order valence-electron chi connectivity index (χ4n) is 4.50. The number of rotatable bonds is 6. The molecule has 0 atom stereocenters. The van der Waals surface area contributed by atoms with Gasteiger partial charge in [-0.2, -0.15) is 0 Å². The van der Waals surface area contributed by atoms with Crippen LogP contribution in [0.3, 0.4) is 0 Å². The lowest BCUT2D eigenvalue weighted by Gasteiger charge is -2.18. The number of amides is 1. The molecule has 7 nitrogen and oxygen atoms in total. The number of hydrogen-bond donors (Lipinski definition) is 1. The van der Waals surface area contributed by atoms with Crippen molar-refractivity contribution in [1.29, 1.82) is 0 Å². The van der Waals surface area contributed by atoms with Crippen molar-refractivity contribution in [3.63, 3.8) is 0 Å². The van der Waals surface area contributed by atoms with Crippen LogP contribution in [0.2, 0.25) is 0 Å². The summed E-state index contributed by atoms with van der Waals surface area (Å²) in [5, 5.41) is 3.59. The van der Waals surface area contributed by atoms with Gasteiger partial charge >= 0.3 is 0 Å². The zero-order valence-corrected chi connectivity index (χ0v) is 17.8. The second-order valence-corrected chi connectivity index (χ2v) is 9.23. The van der Waals surface area contributed by atoms with Crippen LogP contribution in [-0.4, -0.2) is 33.4 Å². The van der Waals surface area contributed by atoms with Crippen LogP contribution in [0.15, 0.2) is 27.6 Å². The molecule has 1 aliphatic carbocycles. The molecule has 1 aliphatic heterocycles. The van der Waals surface area contributed by atoms with Crippen molar-refractivity contribution in [1.82, 2.24) is 19.8 Å². The highest BCUT2D eigenvalue weighted by atomic mass is 32.1.